The Morgan fingerprint density at radius 2 is 1.75 bits per heavy atom. The normalized spacial score (nSPS) is 11.7. The van der Waals surface area contributed by atoms with Crippen LogP contribution in [-0.4, -0.2) is 6.54 Å². The van der Waals surface area contributed by atoms with Crippen molar-refractivity contribution in [1.82, 2.24) is 0 Å². The molecule has 0 spiro atoms. The van der Waals surface area contributed by atoms with Crippen LogP contribution in [0.15, 0.2) is 42.5 Å². The smallest absolute Gasteiger partial charge is 0.330 e. The lowest BCUT2D eigenvalue weighted by Gasteiger charge is -2.13. The van der Waals surface area contributed by atoms with Gasteiger partial charge >= 0.3 is 6.18 Å². The Kier molecular flexibility index (Phi) is 4.35. The monoisotopic (exact) mass is 299 g/mol. The third-order valence-corrected chi connectivity index (χ3v) is 3.36. The molecule has 2 aromatic carbocycles. The van der Waals surface area contributed by atoms with Crippen molar-refractivity contribution >= 4 is 11.6 Å². The van der Waals surface area contributed by atoms with Crippen LogP contribution < -0.4 is 5.73 Å². The first-order valence-corrected chi connectivity index (χ1v) is 6.46. The second-order valence-electron chi connectivity index (χ2n) is 4.39. The lowest BCUT2D eigenvalue weighted by molar-refractivity contribution is -0.137. The summed E-state index contributed by atoms with van der Waals surface area (Å²) in [5, 5.41) is 0.435. The first-order valence-electron chi connectivity index (χ1n) is 6.08. The molecule has 0 saturated heterocycles. The molecule has 5 heteroatoms. The number of nitrogens with two attached hydrogens (primary N) is 1. The van der Waals surface area contributed by atoms with Crippen LogP contribution >= 0.6 is 11.6 Å². The number of hydrogen-bond acceptors (Lipinski definition) is 1. The van der Waals surface area contributed by atoms with Crippen molar-refractivity contribution in [1.29, 1.82) is 0 Å². The van der Waals surface area contributed by atoms with Crippen molar-refractivity contribution in [3.8, 4) is 11.1 Å². The van der Waals surface area contributed by atoms with Gasteiger partial charge in [-0.1, -0.05) is 41.9 Å². The molecule has 1 nitrogen and oxygen atoms in total. The molecule has 0 amide bonds. The Bertz CT molecular complexity index is 608. The predicted molar refractivity (Wildman–Crippen MR) is 74.6 cm³/mol. The summed E-state index contributed by atoms with van der Waals surface area (Å²) in [5.74, 6) is 0. The van der Waals surface area contributed by atoms with Gasteiger partial charge < -0.3 is 5.73 Å². The fraction of sp³-hybridized carbons (Fsp3) is 0.200. The van der Waals surface area contributed by atoms with E-state index in [0.29, 0.717) is 23.6 Å². The summed E-state index contributed by atoms with van der Waals surface area (Å²) in [4.78, 5) is 0. The van der Waals surface area contributed by atoms with Gasteiger partial charge in [-0.25, -0.2) is 0 Å². The topological polar surface area (TPSA) is 26.0 Å². The minimum Gasteiger partial charge on any atom is -0.330 e. The Labute approximate surface area is 120 Å². The maximum atomic E-state index is 13.0. The zero-order valence-corrected chi connectivity index (χ0v) is 11.3. The molecule has 0 unspecified atom stereocenters. The molecule has 0 aliphatic heterocycles. The Hall–Kier alpha value is -1.52. The standard InChI is InChI=1S/C15H13ClF3N/c16-14-9-11(6-5-10(14)7-8-20)12-3-1-2-4-13(12)15(17,18)19/h1-6,9H,7-8,20H2. The highest BCUT2D eigenvalue weighted by molar-refractivity contribution is 6.31. The van der Waals surface area contributed by atoms with Gasteiger partial charge in [0.2, 0.25) is 0 Å². The quantitative estimate of drug-likeness (QED) is 0.885. The molecule has 0 aliphatic carbocycles. The summed E-state index contributed by atoms with van der Waals surface area (Å²) >= 11 is 6.09. The van der Waals surface area contributed by atoms with Gasteiger partial charge in [0, 0.05) is 5.02 Å². The highest BCUT2D eigenvalue weighted by atomic mass is 35.5. The predicted octanol–water partition coefficient (Wildman–Crippen LogP) is 4.53. The fourth-order valence-corrected chi connectivity index (χ4v) is 2.33. The average Bonchev–Trinajstić information content (AvgIpc) is 2.40. The maximum Gasteiger partial charge on any atom is 0.417 e. The molecule has 20 heavy (non-hydrogen) atoms. The van der Waals surface area contributed by atoms with Crippen LogP contribution in [0.5, 0.6) is 0 Å². The minimum atomic E-state index is -4.39. The average molecular weight is 300 g/mol. The molecule has 0 saturated carbocycles. The Morgan fingerprint density at radius 3 is 2.35 bits per heavy atom. The van der Waals surface area contributed by atoms with E-state index in [9.17, 15) is 13.2 Å². The van der Waals surface area contributed by atoms with E-state index in [4.69, 9.17) is 17.3 Å². The van der Waals surface area contributed by atoms with Gasteiger partial charge in [0.15, 0.2) is 0 Å². The molecule has 2 N–H and O–H groups in total. The second kappa shape index (κ2) is 5.85. The molecule has 0 radical (unpaired) electrons. The number of halogens is 4. The second-order valence-corrected chi connectivity index (χ2v) is 4.80. The van der Waals surface area contributed by atoms with E-state index in [1.165, 1.54) is 12.1 Å². The van der Waals surface area contributed by atoms with Crippen molar-refractivity contribution in [2.75, 3.05) is 6.54 Å². The van der Waals surface area contributed by atoms with E-state index in [0.717, 1.165) is 11.6 Å². The molecule has 2 aromatic rings. The molecule has 0 heterocycles. The summed E-state index contributed by atoms with van der Waals surface area (Å²) in [6, 6.07) is 10.4. The Morgan fingerprint density at radius 1 is 1.05 bits per heavy atom. The lowest BCUT2D eigenvalue weighted by atomic mass is 9.98. The van der Waals surface area contributed by atoms with Crippen LogP contribution in [0.1, 0.15) is 11.1 Å². The summed E-state index contributed by atoms with van der Waals surface area (Å²) < 4.78 is 39.0. The van der Waals surface area contributed by atoms with Crippen LogP contribution in [0.2, 0.25) is 5.02 Å². The van der Waals surface area contributed by atoms with Crippen LogP contribution in [0.3, 0.4) is 0 Å². The molecular formula is C15H13ClF3N. The Balaban J connectivity index is 2.50. The van der Waals surface area contributed by atoms with Crippen LogP contribution in [0, 0.1) is 0 Å². The van der Waals surface area contributed by atoms with Crippen molar-refractivity contribution in [3.05, 3.63) is 58.6 Å². The van der Waals surface area contributed by atoms with Gasteiger partial charge in [-0.2, -0.15) is 13.2 Å². The van der Waals surface area contributed by atoms with Crippen LogP contribution in [0.25, 0.3) is 11.1 Å². The third-order valence-electron chi connectivity index (χ3n) is 3.01. The van der Waals surface area contributed by atoms with E-state index in [1.54, 1.807) is 24.3 Å². The van der Waals surface area contributed by atoms with Crippen molar-refractivity contribution in [2.24, 2.45) is 5.73 Å². The van der Waals surface area contributed by atoms with E-state index in [1.807, 2.05) is 0 Å². The van der Waals surface area contributed by atoms with Gasteiger partial charge in [0.05, 0.1) is 5.56 Å². The molecule has 0 aliphatic rings. The maximum absolute atomic E-state index is 13.0. The molecule has 106 valence electrons. The van der Waals surface area contributed by atoms with Gasteiger partial charge in [0.25, 0.3) is 0 Å². The SMILES string of the molecule is NCCc1ccc(-c2ccccc2C(F)(F)F)cc1Cl. The molecule has 0 aromatic heterocycles. The van der Waals surface area contributed by atoms with Gasteiger partial charge in [-0.3, -0.25) is 0 Å². The molecule has 0 bridgehead atoms. The molecule has 0 fully saturated rings. The summed E-state index contributed by atoms with van der Waals surface area (Å²) in [6.45, 7) is 0.443. The van der Waals surface area contributed by atoms with Gasteiger partial charge in [-0.15, -0.1) is 0 Å². The molecule has 0 atom stereocenters. The number of alkyl halides is 3. The summed E-state index contributed by atoms with van der Waals surface area (Å²) in [7, 11) is 0. The largest absolute Gasteiger partial charge is 0.417 e. The van der Waals surface area contributed by atoms with Crippen molar-refractivity contribution in [3.63, 3.8) is 0 Å². The summed E-state index contributed by atoms with van der Waals surface area (Å²) in [5.41, 5.74) is 6.20. The third kappa shape index (κ3) is 3.14. The van der Waals surface area contributed by atoms with Crippen molar-refractivity contribution in [2.45, 2.75) is 12.6 Å². The van der Waals surface area contributed by atoms with Crippen LogP contribution in [-0.2, 0) is 12.6 Å². The fourth-order valence-electron chi connectivity index (χ4n) is 2.06. The first kappa shape index (κ1) is 14.9. The van der Waals surface area contributed by atoms with E-state index in [2.05, 4.69) is 0 Å². The zero-order valence-electron chi connectivity index (χ0n) is 10.5. The van der Waals surface area contributed by atoms with Crippen molar-refractivity contribution < 1.29 is 13.2 Å². The van der Waals surface area contributed by atoms with E-state index in [-0.39, 0.29) is 5.56 Å². The molecule has 2 rings (SSSR count). The van der Waals surface area contributed by atoms with E-state index < -0.39 is 11.7 Å². The first-order chi connectivity index (χ1) is 9.43. The zero-order chi connectivity index (χ0) is 14.8. The highest BCUT2D eigenvalue weighted by Gasteiger charge is 2.33. The highest BCUT2D eigenvalue weighted by Crippen LogP contribution is 2.37. The lowest BCUT2D eigenvalue weighted by Crippen LogP contribution is -2.07. The van der Waals surface area contributed by atoms with E-state index >= 15 is 0 Å². The van der Waals surface area contributed by atoms with Crippen LogP contribution in [0.4, 0.5) is 13.2 Å². The number of hydrogen-bond donors (Lipinski definition) is 1. The van der Waals surface area contributed by atoms with Gasteiger partial charge in [-0.05, 0) is 41.8 Å². The molecular weight excluding hydrogens is 287 g/mol. The number of rotatable bonds is 3. The minimum absolute atomic E-state index is 0.126. The summed E-state index contributed by atoms with van der Waals surface area (Å²) in [6.07, 6.45) is -3.79. The van der Waals surface area contributed by atoms with Gasteiger partial charge in [0.1, 0.15) is 0 Å². The number of benzene rings is 2.